The van der Waals surface area contributed by atoms with Gasteiger partial charge in [0.25, 0.3) is 0 Å². The largest absolute Gasteiger partial charge is 0.419 e. The number of benzene rings is 1. The van der Waals surface area contributed by atoms with Gasteiger partial charge in [-0.2, -0.15) is 5.10 Å². The molecule has 7 heteroatoms. The Balaban J connectivity index is 1.40. The average molecular weight is 346 g/mol. The van der Waals surface area contributed by atoms with Crippen LogP contribution in [0.25, 0.3) is 22.7 Å². The molecule has 26 heavy (non-hydrogen) atoms. The number of pyridine rings is 1. The van der Waals surface area contributed by atoms with Crippen LogP contribution in [0.4, 0.5) is 0 Å². The lowest BCUT2D eigenvalue weighted by atomic mass is 10.1. The van der Waals surface area contributed by atoms with E-state index < -0.39 is 0 Å². The highest BCUT2D eigenvalue weighted by Gasteiger charge is 2.12. The molecule has 0 aliphatic rings. The number of nitrogens with zero attached hydrogens (tertiary/aromatic N) is 5. The van der Waals surface area contributed by atoms with E-state index in [0.717, 1.165) is 22.5 Å². The van der Waals surface area contributed by atoms with E-state index in [9.17, 15) is 0 Å². The molecule has 0 bridgehead atoms. The predicted molar refractivity (Wildman–Crippen MR) is 96.7 cm³/mol. The summed E-state index contributed by atoms with van der Waals surface area (Å²) in [4.78, 5) is 6.15. The average Bonchev–Trinajstić information content (AvgIpc) is 3.33. The van der Waals surface area contributed by atoms with Gasteiger partial charge < -0.3 is 4.42 Å². The van der Waals surface area contributed by atoms with Crippen LogP contribution in [-0.4, -0.2) is 37.3 Å². The van der Waals surface area contributed by atoms with Crippen LogP contribution in [0.5, 0.6) is 0 Å². The molecule has 7 nitrogen and oxygen atoms in total. The normalized spacial score (nSPS) is 11.2. The fourth-order valence-electron chi connectivity index (χ4n) is 2.70. The highest BCUT2D eigenvalue weighted by Crippen LogP contribution is 2.19. The Bertz CT molecular complexity index is 884. The van der Waals surface area contributed by atoms with Crippen molar-refractivity contribution in [2.24, 2.45) is 0 Å². The molecular formula is C19H18N6O. The first kappa shape index (κ1) is 16.2. The summed E-state index contributed by atoms with van der Waals surface area (Å²) in [5.74, 6) is 1.04. The minimum Gasteiger partial charge on any atom is -0.419 e. The summed E-state index contributed by atoms with van der Waals surface area (Å²) >= 11 is 0. The molecule has 0 fully saturated rings. The Hall–Kier alpha value is -3.32. The molecule has 0 atom stereocenters. The van der Waals surface area contributed by atoms with E-state index in [-0.39, 0.29) is 0 Å². The van der Waals surface area contributed by atoms with Crippen LogP contribution in [-0.2, 0) is 13.1 Å². The monoisotopic (exact) mass is 346 g/mol. The van der Waals surface area contributed by atoms with E-state index in [1.165, 1.54) is 0 Å². The van der Waals surface area contributed by atoms with Gasteiger partial charge in [0.15, 0.2) is 0 Å². The van der Waals surface area contributed by atoms with E-state index in [1.54, 1.807) is 12.4 Å². The highest BCUT2D eigenvalue weighted by molar-refractivity contribution is 5.58. The molecule has 0 unspecified atom stereocenters. The third-order valence-corrected chi connectivity index (χ3v) is 3.92. The first-order chi connectivity index (χ1) is 12.8. The molecule has 0 radical (unpaired) electrons. The Morgan fingerprint density at radius 2 is 1.85 bits per heavy atom. The van der Waals surface area contributed by atoms with Crippen LogP contribution >= 0.6 is 0 Å². The van der Waals surface area contributed by atoms with Gasteiger partial charge in [-0.3, -0.25) is 15.0 Å². The number of nitrogens with one attached hydrogen (secondary N) is 1. The van der Waals surface area contributed by atoms with E-state index in [1.807, 2.05) is 49.5 Å². The second-order valence-corrected chi connectivity index (χ2v) is 6.06. The van der Waals surface area contributed by atoms with Crippen LogP contribution in [0, 0.1) is 0 Å². The SMILES string of the molecule is CN(Cc1cc(-c2ccccc2)n[nH]1)Cc1nnc(-c2cccnc2)o1. The Kier molecular flexibility index (Phi) is 4.53. The minimum absolute atomic E-state index is 0.481. The van der Waals surface area contributed by atoms with Crippen LogP contribution < -0.4 is 0 Å². The van der Waals surface area contributed by atoms with Crippen molar-refractivity contribution in [3.05, 3.63) is 72.5 Å². The maximum absolute atomic E-state index is 5.72. The zero-order valence-corrected chi connectivity index (χ0v) is 14.3. The molecule has 3 heterocycles. The van der Waals surface area contributed by atoms with Crippen molar-refractivity contribution in [3.63, 3.8) is 0 Å². The van der Waals surface area contributed by atoms with Gasteiger partial charge in [-0.1, -0.05) is 30.3 Å². The molecule has 0 amide bonds. The molecule has 1 aromatic carbocycles. The Labute approximate surface area is 150 Å². The third kappa shape index (κ3) is 3.68. The van der Waals surface area contributed by atoms with Crippen molar-refractivity contribution in [1.82, 2.24) is 30.3 Å². The van der Waals surface area contributed by atoms with E-state index in [4.69, 9.17) is 4.42 Å². The van der Waals surface area contributed by atoms with Crippen molar-refractivity contribution < 1.29 is 4.42 Å². The number of rotatable bonds is 6. The third-order valence-electron chi connectivity index (χ3n) is 3.92. The maximum Gasteiger partial charge on any atom is 0.249 e. The summed E-state index contributed by atoms with van der Waals surface area (Å²) in [5.41, 5.74) is 3.87. The van der Waals surface area contributed by atoms with Gasteiger partial charge in [0, 0.05) is 30.2 Å². The van der Waals surface area contributed by atoms with Gasteiger partial charge in [-0.25, -0.2) is 0 Å². The van der Waals surface area contributed by atoms with Crippen LogP contribution in [0.2, 0.25) is 0 Å². The standard InChI is InChI=1S/C19H18N6O/c1-25(12-16-10-17(22-21-16)14-6-3-2-4-7-14)13-18-23-24-19(26-18)15-8-5-9-20-11-15/h2-11H,12-13H2,1H3,(H,21,22). The summed E-state index contributed by atoms with van der Waals surface area (Å²) in [6, 6.07) is 15.9. The van der Waals surface area contributed by atoms with E-state index in [2.05, 4.69) is 36.3 Å². The molecule has 130 valence electrons. The molecule has 0 aliphatic heterocycles. The van der Waals surface area contributed by atoms with Crippen molar-refractivity contribution in [3.8, 4) is 22.7 Å². The zero-order valence-electron chi connectivity index (χ0n) is 14.3. The molecule has 4 rings (SSSR count). The van der Waals surface area contributed by atoms with Gasteiger partial charge in [0.05, 0.1) is 17.8 Å². The Morgan fingerprint density at radius 3 is 2.65 bits per heavy atom. The molecule has 0 saturated carbocycles. The van der Waals surface area contributed by atoms with E-state index >= 15 is 0 Å². The molecule has 1 N–H and O–H groups in total. The van der Waals surface area contributed by atoms with Gasteiger partial charge in [-0.05, 0) is 25.2 Å². The first-order valence-electron chi connectivity index (χ1n) is 8.29. The molecule has 0 spiro atoms. The summed E-state index contributed by atoms with van der Waals surface area (Å²) in [6.07, 6.45) is 3.42. The van der Waals surface area contributed by atoms with Crippen LogP contribution in [0.3, 0.4) is 0 Å². The second-order valence-electron chi connectivity index (χ2n) is 6.06. The second kappa shape index (κ2) is 7.28. The first-order valence-corrected chi connectivity index (χ1v) is 8.29. The fraction of sp³-hybridized carbons (Fsp3) is 0.158. The van der Waals surface area contributed by atoms with Gasteiger partial charge in [0.1, 0.15) is 0 Å². The van der Waals surface area contributed by atoms with Crippen molar-refractivity contribution in [1.29, 1.82) is 0 Å². The minimum atomic E-state index is 0.481. The number of H-pyrrole nitrogens is 1. The fourth-order valence-corrected chi connectivity index (χ4v) is 2.70. The zero-order chi connectivity index (χ0) is 17.8. The number of aromatic amines is 1. The van der Waals surface area contributed by atoms with Crippen molar-refractivity contribution in [2.75, 3.05) is 7.05 Å². The molecule has 4 aromatic rings. The quantitative estimate of drug-likeness (QED) is 0.577. The lowest BCUT2D eigenvalue weighted by molar-refractivity contribution is 0.279. The van der Waals surface area contributed by atoms with Crippen molar-refractivity contribution in [2.45, 2.75) is 13.1 Å². The lowest BCUT2D eigenvalue weighted by Crippen LogP contribution is -2.17. The van der Waals surface area contributed by atoms with Crippen LogP contribution in [0.15, 0.2) is 65.3 Å². The Morgan fingerprint density at radius 1 is 1.00 bits per heavy atom. The molecule has 0 saturated heterocycles. The van der Waals surface area contributed by atoms with Crippen molar-refractivity contribution >= 4 is 0 Å². The number of hydrogen-bond donors (Lipinski definition) is 1. The highest BCUT2D eigenvalue weighted by atomic mass is 16.4. The summed E-state index contributed by atoms with van der Waals surface area (Å²) in [5, 5.41) is 15.7. The summed E-state index contributed by atoms with van der Waals surface area (Å²) in [7, 11) is 2.00. The summed E-state index contributed by atoms with van der Waals surface area (Å²) in [6.45, 7) is 1.25. The van der Waals surface area contributed by atoms with Gasteiger partial charge >= 0.3 is 0 Å². The van der Waals surface area contributed by atoms with Crippen LogP contribution in [0.1, 0.15) is 11.6 Å². The van der Waals surface area contributed by atoms with E-state index in [0.29, 0.717) is 24.9 Å². The molecule has 0 aliphatic carbocycles. The maximum atomic E-state index is 5.72. The molecular weight excluding hydrogens is 328 g/mol. The molecule has 3 aromatic heterocycles. The predicted octanol–water partition coefficient (Wildman–Crippen LogP) is 3.15. The van der Waals surface area contributed by atoms with Gasteiger partial charge in [-0.15, -0.1) is 10.2 Å². The number of hydrogen-bond acceptors (Lipinski definition) is 6. The topological polar surface area (TPSA) is 83.7 Å². The number of aromatic nitrogens is 5. The smallest absolute Gasteiger partial charge is 0.249 e. The summed E-state index contributed by atoms with van der Waals surface area (Å²) < 4.78 is 5.72. The lowest BCUT2D eigenvalue weighted by Gasteiger charge is -2.12. The van der Waals surface area contributed by atoms with Gasteiger partial charge in [0.2, 0.25) is 11.8 Å².